The molecule has 0 amide bonds. The Morgan fingerprint density at radius 3 is 1.70 bits per heavy atom. The highest BCUT2D eigenvalue weighted by Gasteiger charge is 2.21. The predicted molar refractivity (Wildman–Crippen MR) is 141 cm³/mol. The second kappa shape index (κ2) is 11.8. The summed E-state index contributed by atoms with van der Waals surface area (Å²) in [7, 11) is 0. The standard InChI is InChI=1S/C32H36O/c1-3-5-23-33-24-26-9-13-28(14-10-26)30-17-21-32(22-18-30)31-19-15-29(16-20-31)27-11-7-25(6-4-2)8-12-27/h3-4,9-10,13-22,25,27H,1-2,5-8,11-12,23-24H2. The second-order valence-electron chi connectivity index (χ2n) is 9.27. The fourth-order valence-corrected chi connectivity index (χ4v) is 4.92. The number of benzene rings is 3. The summed E-state index contributed by atoms with van der Waals surface area (Å²) in [5.74, 6) is 1.57. The SMILES string of the molecule is C=CCCOCc1ccc(-c2ccc(-c3ccc(C4CCC(CC=C)CC4)cc3)cc2)cc1. The molecule has 1 heteroatoms. The molecular weight excluding hydrogens is 400 g/mol. The lowest BCUT2D eigenvalue weighted by molar-refractivity contribution is 0.125. The summed E-state index contributed by atoms with van der Waals surface area (Å²) >= 11 is 0. The van der Waals surface area contributed by atoms with Gasteiger partial charge in [-0.25, -0.2) is 0 Å². The van der Waals surface area contributed by atoms with Gasteiger partial charge in [0.05, 0.1) is 13.2 Å². The van der Waals surface area contributed by atoms with E-state index in [0.29, 0.717) is 6.61 Å². The first-order valence-electron chi connectivity index (χ1n) is 12.4. The van der Waals surface area contributed by atoms with Gasteiger partial charge in [-0.05, 0) is 83.7 Å². The third-order valence-electron chi connectivity index (χ3n) is 6.97. The van der Waals surface area contributed by atoms with Crippen molar-refractivity contribution >= 4 is 0 Å². The molecule has 4 rings (SSSR count). The Morgan fingerprint density at radius 2 is 1.18 bits per heavy atom. The zero-order chi connectivity index (χ0) is 22.9. The van der Waals surface area contributed by atoms with Crippen LogP contribution in [0.5, 0.6) is 0 Å². The van der Waals surface area contributed by atoms with Gasteiger partial charge in [0.2, 0.25) is 0 Å². The van der Waals surface area contributed by atoms with Gasteiger partial charge in [-0.15, -0.1) is 13.2 Å². The van der Waals surface area contributed by atoms with Crippen LogP contribution in [0.25, 0.3) is 22.3 Å². The van der Waals surface area contributed by atoms with E-state index in [1.54, 1.807) is 0 Å². The van der Waals surface area contributed by atoms with E-state index in [9.17, 15) is 0 Å². The third-order valence-corrected chi connectivity index (χ3v) is 6.97. The summed E-state index contributed by atoms with van der Waals surface area (Å²) in [6.45, 7) is 9.01. The molecule has 3 aromatic rings. The normalized spacial score (nSPS) is 18.1. The first-order valence-corrected chi connectivity index (χ1v) is 12.4. The van der Waals surface area contributed by atoms with Crippen molar-refractivity contribution in [2.24, 2.45) is 5.92 Å². The Balaban J connectivity index is 1.35. The van der Waals surface area contributed by atoms with Crippen LogP contribution in [0.15, 0.2) is 98.1 Å². The molecular formula is C32H36O. The van der Waals surface area contributed by atoms with Crippen molar-refractivity contribution in [3.63, 3.8) is 0 Å². The second-order valence-corrected chi connectivity index (χ2v) is 9.27. The maximum absolute atomic E-state index is 5.66. The lowest BCUT2D eigenvalue weighted by Gasteiger charge is -2.28. The van der Waals surface area contributed by atoms with Crippen molar-refractivity contribution < 1.29 is 4.74 Å². The lowest BCUT2D eigenvalue weighted by Crippen LogP contribution is -2.12. The maximum Gasteiger partial charge on any atom is 0.0717 e. The first kappa shape index (κ1) is 23.3. The van der Waals surface area contributed by atoms with Gasteiger partial charge in [0.1, 0.15) is 0 Å². The van der Waals surface area contributed by atoms with Crippen molar-refractivity contribution in [3.05, 3.63) is 109 Å². The molecule has 0 bridgehead atoms. The maximum atomic E-state index is 5.66. The lowest BCUT2D eigenvalue weighted by atomic mass is 9.77. The molecule has 0 spiro atoms. The summed E-state index contributed by atoms with van der Waals surface area (Å²) in [5, 5.41) is 0. The smallest absolute Gasteiger partial charge is 0.0717 e. The van der Waals surface area contributed by atoms with Crippen molar-refractivity contribution in [1.29, 1.82) is 0 Å². The van der Waals surface area contributed by atoms with Crippen LogP contribution in [0.2, 0.25) is 0 Å². The van der Waals surface area contributed by atoms with Crippen LogP contribution in [-0.4, -0.2) is 6.61 Å². The molecule has 1 nitrogen and oxygen atoms in total. The van der Waals surface area contributed by atoms with E-state index in [-0.39, 0.29) is 0 Å². The monoisotopic (exact) mass is 436 g/mol. The molecule has 0 atom stereocenters. The zero-order valence-corrected chi connectivity index (χ0v) is 19.7. The minimum absolute atomic E-state index is 0.652. The first-order chi connectivity index (χ1) is 16.3. The molecule has 0 unspecified atom stereocenters. The van der Waals surface area contributed by atoms with E-state index < -0.39 is 0 Å². The number of hydrogen-bond donors (Lipinski definition) is 0. The van der Waals surface area contributed by atoms with Crippen LogP contribution in [0.3, 0.4) is 0 Å². The molecule has 0 aliphatic heterocycles. The van der Waals surface area contributed by atoms with Gasteiger partial charge in [-0.2, -0.15) is 0 Å². The van der Waals surface area contributed by atoms with Crippen LogP contribution in [0.4, 0.5) is 0 Å². The fourth-order valence-electron chi connectivity index (χ4n) is 4.92. The van der Waals surface area contributed by atoms with Crippen molar-refractivity contribution in [3.8, 4) is 22.3 Å². The number of allylic oxidation sites excluding steroid dienone is 1. The van der Waals surface area contributed by atoms with Gasteiger partial charge in [-0.1, -0.05) is 84.9 Å². The Hall–Kier alpha value is -2.90. The largest absolute Gasteiger partial charge is 0.376 e. The summed E-state index contributed by atoms with van der Waals surface area (Å²) in [5.41, 5.74) is 7.74. The van der Waals surface area contributed by atoms with Gasteiger partial charge < -0.3 is 4.74 Å². The average Bonchev–Trinajstić information content (AvgIpc) is 2.88. The quantitative estimate of drug-likeness (QED) is 0.228. The average molecular weight is 437 g/mol. The van der Waals surface area contributed by atoms with Crippen LogP contribution in [-0.2, 0) is 11.3 Å². The topological polar surface area (TPSA) is 9.23 Å². The molecule has 1 fully saturated rings. The minimum Gasteiger partial charge on any atom is -0.376 e. The van der Waals surface area contributed by atoms with Crippen LogP contribution < -0.4 is 0 Å². The predicted octanol–water partition coefficient (Wildman–Crippen LogP) is 8.96. The molecule has 0 aromatic heterocycles. The van der Waals surface area contributed by atoms with Crippen molar-refractivity contribution in [1.82, 2.24) is 0 Å². The van der Waals surface area contributed by atoms with E-state index in [2.05, 4.69) is 92.0 Å². The van der Waals surface area contributed by atoms with E-state index in [1.165, 1.54) is 65.5 Å². The van der Waals surface area contributed by atoms with Crippen LogP contribution in [0, 0.1) is 5.92 Å². The van der Waals surface area contributed by atoms with Gasteiger partial charge in [0.25, 0.3) is 0 Å². The highest BCUT2D eigenvalue weighted by Crippen LogP contribution is 2.37. The third kappa shape index (κ3) is 6.33. The summed E-state index contributed by atoms with van der Waals surface area (Å²) < 4.78 is 5.66. The molecule has 0 saturated heterocycles. The molecule has 0 N–H and O–H groups in total. The summed E-state index contributed by atoms with van der Waals surface area (Å²) in [6, 6.07) is 26.9. The van der Waals surface area contributed by atoms with Gasteiger partial charge >= 0.3 is 0 Å². The zero-order valence-electron chi connectivity index (χ0n) is 19.7. The van der Waals surface area contributed by atoms with E-state index in [1.807, 2.05) is 6.08 Å². The Labute approximate surface area is 199 Å². The molecule has 3 aromatic carbocycles. The Bertz CT molecular complexity index is 1000. The number of ether oxygens (including phenoxy) is 1. The van der Waals surface area contributed by atoms with E-state index in [4.69, 9.17) is 4.74 Å². The molecule has 33 heavy (non-hydrogen) atoms. The molecule has 1 aliphatic rings. The molecule has 170 valence electrons. The fraction of sp³-hybridized carbons (Fsp3) is 0.312. The minimum atomic E-state index is 0.652. The van der Waals surface area contributed by atoms with Crippen LogP contribution in [0.1, 0.15) is 55.6 Å². The highest BCUT2D eigenvalue weighted by atomic mass is 16.5. The van der Waals surface area contributed by atoms with Gasteiger partial charge in [0, 0.05) is 0 Å². The van der Waals surface area contributed by atoms with Crippen molar-refractivity contribution in [2.75, 3.05) is 6.61 Å². The number of rotatable bonds is 10. The number of hydrogen-bond acceptors (Lipinski definition) is 1. The van der Waals surface area contributed by atoms with Gasteiger partial charge in [-0.3, -0.25) is 0 Å². The van der Waals surface area contributed by atoms with E-state index in [0.717, 1.165) is 24.9 Å². The molecule has 1 saturated carbocycles. The summed E-state index contributed by atoms with van der Waals surface area (Å²) in [4.78, 5) is 0. The van der Waals surface area contributed by atoms with Crippen LogP contribution >= 0.6 is 0 Å². The molecule has 1 aliphatic carbocycles. The highest BCUT2D eigenvalue weighted by molar-refractivity contribution is 5.70. The summed E-state index contributed by atoms with van der Waals surface area (Å²) in [6.07, 6.45) is 11.3. The Morgan fingerprint density at radius 1 is 0.667 bits per heavy atom. The van der Waals surface area contributed by atoms with E-state index >= 15 is 0 Å². The molecule has 0 radical (unpaired) electrons. The van der Waals surface area contributed by atoms with Crippen molar-refractivity contribution in [2.45, 2.75) is 51.0 Å². The molecule has 0 heterocycles. The Kier molecular flexibility index (Phi) is 8.33. The van der Waals surface area contributed by atoms with Gasteiger partial charge in [0.15, 0.2) is 0 Å².